The summed E-state index contributed by atoms with van der Waals surface area (Å²) in [6, 6.07) is 0. The number of aliphatic hydroxyl groups is 1. The van der Waals surface area contributed by atoms with Crippen LogP contribution in [-0.4, -0.2) is 40.9 Å². The Bertz CT molecular complexity index is 332. The van der Waals surface area contributed by atoms with Crippen LogP contribution in [0.2, 0.25) is 0 Å². The summed E-state index contributed by atoms with van der Waals surface area (Å²) in [7, 11) is 0. The Morgan fingerprint density at radius 2 is 1.83 bits per heavy atom. The molecular formula is C10H14F3NO4. The highest BCUT2D eigenvalue weighted by Crippen LogP contribution is 2.32. The molecule has 3 atom stereocenters. The van der Waals surface area contributed by atoms with Crippen LogP contribution < -0.4 is 5.32 Å². The molecule has 1 amide bonds. The molecule has 1 fully saturated rings. The summed E-state index contributed by atoms with van der Waals surface area (Å²) in [6.07, 6.45) is -6.20. The van der Waals surface area contributed by atoms with Gasteiger partial charge in [0.1, 0.15) is 0 Å². The molecule has 0 aromatic carbocycles. The third-order valence-electron chi connectivity index (χ3n) is 3.02. The van der Waals surface area contributed by atoms with Crippen LogP contribution >= 0.6 is 0 Å². The number of hydrogen-bond acceptors (Lipinski definition) is 3. The van der Waals surface area contributed by atoms with Crippen LogP contribution in [-0.2, 0) is 9.59 Å². The fourth-order valence-electron chi connectivity index (χ4n) is 2.01. The molecule has 0 aliphatic heterocycles. The summed E-state index contributed by atoms with van der Waals surface area (Å²) in [6.45, 7) is -0.953. The first-order chi connectivity index (χ1) is 8.23. The molecule has 0 aromatic rings. The van der Waals surface area contributed by atoms with Gasteiger partial charge in [-0.15, -0.1) is 0 Å². The van der Waals surface area contributed by atoms with Gasteiger partial charge in [0, 0.05) is 0 Å². The van der Waals surface area contributed by atoms with Crippen molar-refractivity contribution in [3.8, 4) is 0 Å². The molecule has 0 saturated heterocycles. The van der Waals surface area contributed by atoms with E-state index in [4.69, 9.17) is 10.2 Å². The number of nitrogens with one attached hydrogen (secondary N) is 1. The van der Waals surface area contributed by atoms with Crippen LogP contribution in [0.1, 0.15) is 19.3 Å². The molecule has 1 rings (SSSR count). The Kier molecular flexibility index (Phi) is 4.55. The number of carboxylic acids is 1. The van der Waals surface area contributed by atoms with E-state index in [1.807, 2.05) is 5.32 Å². The summed E-state index contributed by atoms with van der Waals surface area (Å²) >= 11 is 0. The van der Waals surface area contributed by atoms with Crippen LogP contribution in [0.15, 0.2) is 0 Å². The van der Waals surface area contributed by atoms with Gasteiger partial charge in [0.15, 0.2) is 6.10 Å². The minimum absolute atomic E-state index is 0.338. The van der Waals surface area contributed by atoms with Gasteiger partial charge in [-0.1, -0.05) is 6.42 Å². The summed E-state index contributed by atoms with van der Waals surface area (Å²) in [5, 5.41) is 19.5. The van der Waals surface area contributed by atoms with E-state index in [2.05, 4.69) is 0 Å². The highest BCUT2D eigenvalue weighted by Gasteiger charge is 2.41. The first-order valence-corrected chi connectivity index (χ1v) is 5.48. The van der Waals surface area contributed by atoms with Crippen molar-refractivity contribution in [2.75, 3.05) is 6.54 Å². The molecule has 0 spiro atoms. The molecule has 104 valence electrons. The predicted molar refractivity (Wildman–Crippen MR) is 53.5 cm³/mol. The van der Waals surface area contributed by atoms with Crippen molar-refractivity contribution in [3.63, 3.8) is 0 Å². The van der Waals surface area contributed by atoms with E-state index in [-0.39, 0.29) is 0 Å². The molecule has 0 aromatic heterocycles. The normalized spacial score (nSPS) is 25.8. The number of carbonyl (C=O) groups is 2. The topological polar surface area (TPSA) is 86.6 Å². The number of alkyl halides is 3. The van der Waals surface area contributed by atoms with Crippen molar-refractivity contribution in [2.45, 2.75) is 31.5 Å². The molecule has 8 heteroatoms. The quantitative estimate of drug-likeness (QED) is 0.694. The number of amides is 1. The molecule has 0 bridgehead atoms. The molecule has 5 nitrogen and oxygen atoms in total. The highest BCUT2D eigenvalue weighted by atomic mass is 19.4. The predicted octanol–water partition coefficient (Wildman–Crippen LogP) is 0.527. The lowest BCUT2D eigenvalue weighted by Gasteiger charge is -2.18. The Morgan fingerprint density at radius 3 is 2.33 bits per heavy atom. The van der Waals surface area contributed by atoms with E-state index in [9.17, 15) is 22.8 Å². The van der Waals surface area contributed by atoms with Crippen LogP contribution in [0.25, 0.3) is 0 Å². The van der Waals surface area contributed by atoms with Gasteiger partial charge in [-0.3, -0.25) is 9.59 Å². The third-order valence-corrected chi connectivity index (χ3v) is 3.02. The molecule has 3 unspecified atom stereocenters. The van der Waals surface area contributed by atoms with Crippen molar-refractivity contribution in [2.24, 2.45) is 11.8 Å². The van der Waals surface area contributed by atoms with Gasteiger partial charge >= 0.3 is 12.1 Å². The summed E-state index contributed by atoms with van der Waals surface area (Å²) in [5.41, 5.74) is 0. The Morgan fingerprint density at radius 1 is 1.28 bits per heavy atom. The SMILES string of the molecule is O=C(O)C1CCCC1C(=O)NCC(O)C(F)(F)F. The molecule has 1 aliphatic carbocycles. The smallest absolute Gasteiger partial charge is 0.416 e. The van der Waals surface area contributed by atoms with E-state index in [0.717, 1.165) is 0 Å². The second-order valence-electron chi connectivity index (χ2n) is 4.28. The lowest BCUT2D eigenvalue weighted by Crippen LogP contribution is -2.43. The van der Waals surface area contributed by atoms with Gasteiger partial charge in [-0.2, -0.15) is 13.2 Å². The highest BCUT2D eigenvalue weighted by molar-refractivity contribution is 5.85. The van der Waals surface area contributed by atoms with Crippen LogP contribution in [0.4, 0.5) is 13.2 Å². The van der Waals surface area contributed by atoms with Gasteiger partial charge in [0.2, 0.25) is 5.91 Å². The lowest BCUT2D eigenvalue weighted by atomic mass is 9.95. The third kappa shape index (κ3) is 3.59. The number of aliphatic hydroxyl groups excluding tert-OH is 1. The minimum Gasteiger partial charge on any atom is -0.481 e. The van der Waals surface area contributed by atoms with Gasteiger partial charge < -0.3 is 15.5 Å². The minimum atomic E-state index is -4.80. The van der Waals surface area contributed by atoms with E-state index >= 15 is 0 Å². The molecule has 3 N–H and O–H groups in total. The van der Waals surface area contributed by atoms with Crippen molar-refractivity contribution >= 4 is 11.9 Å². The second kappa shape index (κ2) is 5.55. The van der Waals surface area contributed by atoms with Crippen LogP contribution in [0.3, 0.4) is 0 Å². The molecule has 1 aliphatic rings. The van der Waals surface area contributed by atoms with Crippen LogP contribution in [0.5, 0.6) is 0 Å². The summed E-state index contributed by atoms with van der Waals surface area (Å²) in [5.74, 6) is -3.54. The zero-order valence-electron chi connectivity index (χ0n) is 9.41. The molecule has 1 saturated carbocycles. The van der Waals surface area contributed by atoms with Crippen molar-refractivity contribution in [1.82, 2.24) is 5.32 Å². The Labute approximate surface area is 101 Å². The van der Waals surface area contributed by atoms with Gasteiger partial charge in [0.25, 0.3) is 0 Å². The zero-order chi connectivity index (χ0) is 13.9. The number of halogens is 3. The monoisotopic (exact) mass is 269 g/mol. The van der Waals surface area contributed by atoms with Crippen LogP contribution in [0, 0.1) is 11.8 Å². The van der Waals surface area contributed by atoms with Crippen molar-refractivity contribution < 1.29 is 33.0 Å². The zero-order valence-corrected chi connectivity index (χ0v) is 9.41. The second-order valence-corrected chi connectivity index (χ2v) is 4.28. The number of hydrogen-bond donors (Lipinski definition) is 3. The Balaban J connectivity index is 2.48. The first kappa shape index (κ1) is 14.7. The molecule has 18 heavy (non-hydrogen) atoms. The largest absolute Gasteiger partial charge is 0.481 e. The number of carboxylic acid groups (broad SMARTS) is 1. The maximum Gasteiger partial charge on any atom is 0.416 e. The molecular weight excluding hydrogens is 255 g/mol. The Hall–Kier alpha value is -1.31. The maximum absolute atomic E-state index is 12.0. The average molecular weight is 269 g/mol. The molecule has 0 heterocycles. The van der Waals surface area contributed by atoms with E-state index in [0.29, 0.717) is 19.3 Å². The number of carbonyl (C=O) groups excluding carboxylic acids is 1. The van der Waals surface area contributed by atoms with E-state index < -0.39 is 42.5 Å². The number of rotatable bonds is 4. The summed E-state index contributed by atoms with van der Waals surface area (Å²) in [4.78, 5) is 22.3. The van der Waals surface area contributed by atoms with E-state index in [1.165, 1.54) is 0 Å². The van der Waals surface area contributed by atoms with Gasteiger partial charge in [-0.25, -0.2) is 0 Å². The standard InChI is InChI=1S/C10H14F3NO4/c11-10(12,13)7(15)4-14-8(16)5-2-1-3-6(5)9(17)18/h5-7,15H,1-4H2,(H,14,16)(H,17,18). The van der Waals surface area contributed by atoms with Gasteiger partial charge in [0.05, 0.1) is 18.4 Å². The maximum atomic E-state index is 12.0. The lowest BCUT2D eigenvalue weighted by molar-refractivity contribution is -0.202. The number of aliphatic carboxylic acids is 1. The molecule has 0 radical (unpaired) electrons. The first-order valence-electron chi connectivity index (χ1n) is 5.48. The van der Waals surface area contributed by atoms with E-state index in [1.54, 1.807) is 0 Å². The van der Waals surface area contributed by atoms with Crippen molar-refractivity contribution in [3.05, 3.63) is 0 Å². The fourth-order valence-corrected chi connectivity index (χ4v) is 2.01. The van der Waals surface area contributed by atoms with Gasteiger partial charge in [-0.05, 0) is 12.8 Å². The summed E-state index contributed by atoms with van der Waals surface area (Å²) < 4.78 is 36.0. The van der Waals surface area contributed by atoms with Crippen molar-refractivity contribution in [1.29, 1.82) is 0 Å². The average Bonchev–Trinajstić information content (AvgIpc) is 2.72. The fraction of sp³-hybridized carbons (Fsp3) is 0.800.